The first-order valence-corrected chi connectivity index (χ1v) is 10.7. The van der Waals surface area contributed by atoms with Crippen LogP contribution in [-0.2, 0) is 4.79 Å². The molecule has 1 N–H and O–H groups in total. The van der Waals surface area contributed by atoms with Crippen LogP contribution >= 0.6 is 11.3 Å². The Morgan fingerprint density at radius 3 is 2.21 bits per heavy atom. The molecule has 0 fully saturated rings. The molecule has 1 atom stereocenters. The second kappa shape index (κ2) is 9.15. The Bertz CT molecular complexity index is 808. The number of nitrogens with one attached hydrogen (secondary N) is 1. The van der Waals surface area contributed by atoms with Gasteiger partial charge in [0.2, 0.25) is 5.91 Å². The van der Waals surface area contributed by atoms with Gasteiger partial charge in [-0.05, 0) is 35.9 Å². The molecule has 1 aromatic carbocycles. The molecule has 1 aliphatic rings. The third-order valence-electron chi connectivity index (χ3n) is 5.35. The topological polar surface area (TPSA) is 66.5 Å². The molecule has 0 radical (unpaired) electrons. The molecule has 1 aromatic heterocycles. The Kier molecular flexibility index (Phi) is 6.62. The van der Waals surface area contributed by atoms with Gasteiger partial charge in [0.25, 0.3) is 11.8 Å². The zero-order chi connectivity index (χ0) is 20.1. The van der Waals surface area contributed by atoms with Gasteiger partial charge in [0.05, 0.1) is 17.2 Å². The molecule has 0 aliphatic carbocycles. The molecule has 6 heteroatoms. The standard InChI is InChI=1S/C22H26N2O3S/c1-3-15(4-2)20(18-11-8-14-28-18)23-19(25)12-7-13-24-21(26)16-9-5-6-10-17(16)22(24)27/h5-6,8-11,14-15,20H,3-4,7,12-13H2,1-2H3,(H,23,25). The van der Waals surface area contributed by atoms with Crippen molar-refractivity contribution in [3.63, 3.8) is 0 Å². The van der Waals surface area contributed by atoms with Gasteiger partial charge in [0.15, 0.2) is 0 Å². The maximum Gasteiger partial charge on any atom is 0.261 e. The van der Waals surface area contributed by atoms with Gasteiger partial charge in [-0.1, -0.05) is 44.9 Å². The third-order valence-corrected chi connectivity index (χ3v) is 6.31. The van der Waals surface area contributed by atoms with Crippen LogP contribution in [0.15, 0.2) is 41.8 Å². The minimum absolute atomic E-state index is 0.0156. The lowest BCUT2D eigenvalue weighted by Crippen LogP contribution is -2.34. The normalized spacial score (nSPS) is 14.5. The van der Waals surface area contributed by atoms with Gasteiger partial charge in [-0.15, -0.1) is 11.3 Å². The average molecular weight is 399 g/mol. The molecule has 2 heterocycles. The maximum atomic E-state index is 12.5. The molecule has 148 valence electrons. The average Bonchev–Trinajstić information content (AvgIpc) is 3.32. The Hall–Kier alpha value is -2.47. The molecule has 3 amide bonds. The molecule has 0 spiro atoms. The molecular formula is C22H26N2O3S. The number of thiophene rings is 1. The lowest BCUT2D eigenvalue weighted by molar-refractivity contribution is -0.122. The van der Waals surface area contributed by atoms with Gasteiger partial charge in [-0.25, -0.2) is 0 Å². The van der Waals surface area contributed by atoms with Gasteiger partial charge >= 0.3 is 0 Å². The lowest BCUT2D eigenvalue weighted by atomic mass is 9.93. The number of amides is 3. The van der Waals surface area contributed by atoms with Crippen LogP contribution in [-0.4, -0.2) is 29.2 Å². The fourth-order valence-electron chi connectivity index (χ4n) is 3.74. The fourth-order valence-corrected chi connectivity index (χ4v) is 4.60. The van der Waals surface area contributed by atoms with Crippen molar-refractivity contribution in [3.05, 3.63) is 57.8 Å². The summed E-state index contributed by atoms with van der Waals surface area (Å²) in [6.07, 6.45) is 2.73. The maximum absolute atomic E-state index is 12.5. The highest BCUT2D eigenvalue weighted by Crippen LogP contribution is 2.30. The van der Waals surface area contributed by atoms with E-state index in [0.717, 1.165) is 12.8 Å². The highest BCUT2D eigenvalue weighted by atomic mass is 32.1. The number of rotatable bonds is 9. The predicted molar refractivity (Wildman–Crippen MR) is 110 cm³/mol. The van der Waals surface area contributed by atoms with E-state index in [1.54, 1.807) is 35.6 Å². The van der Waals surface area contributed by atoms with Gasteiger partial charge < -0.3 is 5.32 Å². The number of hydrogen-bond donors (Lipinski definition) is 1. The largest absolute Gasteiger partial charge is 0.348 e. The molecule has 0 saturated carbocycles. The molecule has 5 nitrogen and oxygen atoms in total. The zero-order valence-electron chi connectivity index (χ0n) is 16.3. The van der Waals surface area contributed by atoms with Crippen molar-refractivity contribution >= 4 is 29.1 Å². The lowest BCUT2D eigenvalue weighted by Gasteiger charge is -2.25. The smallest absolute Gasteiger partial charge is 0.261 e. The molecule has 1 unspecified atom stereocenters. The fraction of sp³-hybridized carbons (Fsp3) is 0.409. The van der Waals surface area contributed by atoms with E-state index in [0.29, 0.717) is 23.5 Å². The Balaban J connectivity index is 1.56. The highest BCUT2D eigenvalue weighted by molar-refractivity contribution is 7.10. The van der Waals surface area contributed by atoms with E-state index in [4.69, 9.17) is 0 Å². The van der Waals surface area contributed by atoms with Crippen molar-refractivity contribution in [1.29, 1.82) is 0 Å². The molecule has 1 aliphatic heterocycles. The Morgan fingerprint density at radius 1 is 1.04 bits per heavy atom. The molecule has 0 bridgehead atoms. The number of nitrogens with zero attached hydrogens (tertiary/aromatic N) is 1. The first kappa shape index (κ1) is 20.3. The summed E-state index contributed by atoms with van der Waals surface area (Å²) in [6, 6.07) is 10.9. The van der Waals surface area contributed by atoms with Gasteiger partial charge in [0, 0.05) is 17.8 Å². The monoisotopic (exact) mass is 398 g/mol. The summed E-state index contributed by atoms with van der Waals surface area (Å²) in [5.74, 6) is -0.190. The number of carbonyl (C=O) groups is 3. The van der Waals surface area contributed by atoms with Crippen LogP contribution in [0.2, 0.25) is 0 Å². The van der Waals surface area contributed by atoms with E-state index in [9.17, 15) is 14.4 Å². The van der Waals surface area contributed by atoms with Crippen LogP contribution in [0.4, 0.5) is 0 Å². The summed E-state index contributed by atoms with van der Waals surface area (Å²) >= 11 is 1.66. The van der Waals surface area contributed by atoms with Crippen molar-refractivity contribution in [1.82, 2.24) is 10.2 Å². The summed E-state index contributed by atoms with van der Waals surface area (Å²) in [5.41, 5.74) is 0.895. The summed E-state index contributed by atoms with van der Waals surface area (Å²) in [6.45, 7) is 4.54. The van der Waals surface area contributed by atoms with E-state index in [-0.39, 0.29) is 36.7 Å². The van der Waals surface area contributed by atoms with E-state index < -0.39 is 0 Å². The van der Waals surface area contributed by atoms with Crippen molar-refractivity contribution in [2.75, 3.05) is 6.54 Å². The molecule has 0 saturated heterocycles. The van der Waals surface area contributed by atoms with Crippen LogP contribution < -0.4 is 5.32 Å². The number of benzene rings is 1. The number of imide groups is 1. The predicted octanol–water partition coefficient (Wildman–Crippen LogP) is 4.42. The first-order chi connectivity index (χ1) is 13.6. The van der Waals surface area contributed by atoms with Crippen LogP contribution in [0.25, 0.3) is 0 Å². The molecule has 2 aromatic rings. The van der Waals surface area contributed by atoms with Crippen molar-refractivity contribution < 1.29 is 14.4 Å². The van der Waals surface area contributed by atoms with Crippen molar-refractivity contribution in [3.8, 4) is 0 Å². The second-order valence-electron chi connectivity index (χ2n) is 7.05. The van der Waals surface area contributed by atoms with E-state index >= 15 is 0 Å². The zero-order valence-corrected chi connectivity index (χ0v) is 17.1. The number of hydrogen-bond acceptors (Lipinski definition) is 4. The molecule has 3 rings (SSSR count). The van der Waals surface area contributed by atoms with Gasteiger partial charge in [-0.3, -0.25) is 19.3 Å². The van der Waals surface area contributed by atoms with Crippen molar-refractivity contribution in [2.45, 2.75) is 45.6 Å². The second-order valence-corrected chi connectivity index (χ2v) is 8.03. The van der Waals surface area contributed by atoms with E-state index in [1.807, 2.05) is 11.4 Å². The first-order valence-electron chi connectivity index (χ1n) is 9.84. The Labute approximate surface area is 169 Å². The van der Waals surface area contributed by atoms with E-state index in [2.05, 4.69) is 25.2 Å². The van der Waals surface area contributed by atoms with Crippen molar-refractivity contribution in [2.24, 2.45) is 5.92 Å². The Morgan fingerprint density at radius 2 is 1.68 bits per heavy atom. The summed E-state index contributed by atoms with van der Waals surface area (Å²) < 4.78 is 0. The highest BCUT2D eigenvalue weighted by Gasteiger charge is 2.34. The van der Waals surface area contributed by atoms with Crippen LogP contribution in [0.5, 0.6) is 0 Å². The number of carbonyl (C=O) groups excluding carboxylic acids is 3. The summed E-state index contributed by atoms with van der Waals surface area (Å²) in [5, 5.41) is 5.20. The number of fused-ring (bicyclic) bond motifs is 1. The summed E-state index contributed by atoms with van der Waals surface area (Å²) in [7, 11) is 0. The molecular weight excluding hydrogens is 372 g/mol. The quantitative estimate of drug-likeness (QED) is 0.636. The SMILES string of the molecule is CCC(CC)C(NC(=O)CCCN1C(=O)c2ccccc2C1=O)c1cccs1. The van der Waals surface area contributed by atoms with Gasteiger partial charge in [-0.2, -0.15) is 0 Å². The van der Waals surface area contributed by atoms with E-state index in [1.165, 1.54) is 9.78 Å². The van der Waals surface area contributed by atoms with Crippen LogP contribution in [0, 0.1) is 5.92 Å². The molecule has 28 heavy (non-hydrogen) atoms. The van der Waals surface area contributed by atoms with Crippen LogP contribution in [0.3, 0.4) is 0 Å². The minimum Gasteiger partial charge on any atom is -0.348 e. The summed E-state index contributed by atoms with van der Waals surface area (Å²) in [4.78, 5) is 39.7. The van der Waals surface area contributed by atoms with Crippen LogP contribution in [0.1, 0.15) is 71.2 Å². The van der Waals surface area contributed by atoms with Gasteiger partial charge in [0.1, 0.15) is 0 Å². The minimum atomic E-state index is -0.269. The third kappa shape index (κ3) is 4.17.